The Morgan fingerprint density at radius 2 is 1.95 bits per heavy atom. The molecule has 1 aromatic rings. The standard InChI is InChI=1S/C16H22Cl2N2O2/c1-15(2)8-13(16(3,4)22-15)19-9-14(21)20-10-5-6-11(17)12(18)7-10/h5-7,13,19H,8-9H2,1-4H3,(H,20,21). The molecule has 1 aliphatic rings. The number of hydrogen-bond acceptors (Lipinski definition) is 3. The van der Waals surface area contributed by atoms with Crippen molar-refractivity contribution in [1.29, 1.82) is 0 Å². The van der Waals surface area contributed by atoms with E-state index in [4.69, 9.17) is 27.9 Å². The molecular formula is C16H22Cl2N2O2. The monoisotopic (exact) mass is 344 g/mol. The van der Waals surface area contributed by atoms with E-state index in [9.17, 15) is 4.79 Å². The van der Waals surface area contributed by atoms with E-state index in [0.717, 1.165) is 6.42 Å². The summed E-state index contributed by atoms with van der Waals surface area (Å²) in [4.78, 5) is 12.0. The molecule has 1 aromatic carbocycles. The zero-order valence-electron chi connectivity index (χ0n) is 13.3. The second kappa shape index (κ2) is 6.36. The molecule has 1 fully saturated rings. The summed E-state index contributed by atoms with van der Waals surface area (Å²) in [5, 5.41) is 6.95. The number of amides is 1. The van der Waals surface area contributed by atoms with E-state index < -0.39 is 0 Å². The van der Waals surface area contributed by atoms with E-state index in [0.29, 0.717) is 15.7 Å². The predicted molar refractivity (Wildman–Crippen MR) is 90.7 cm³/mol. The molecule has 1 heterocycles. The lowest BCUT2D eigenvalue weighted by Gasteiger charge is -2.27. The van der Waals surface area contributed by atoms with Crippen LogP contribution in [0.1, 0.15) is 34.1 Å². The molecule has 2 N–H and O–H groups in total. The molecule has 0 aromatic heterocycles. The van der Waals surface area contributed by atoms with Crippen LogP contribution in [0.25, 0.3) is 0 Å². The van der Waals surface area contributed by atoms with Gasteiger partial charge in [0.1, 0.15) is 0 Å². The third-order valence-corrected chi connectivity index (χ3v) is 4.53. The molecular weight excluding hydrogens is 323 g/mol. The number of anilines is 1. The van der Waals surface area contributed by atoms with Crippen LogP contribution in [0.15, 0.2) is 18.2 Å². The minimum atomic E-state index is -0.298. The number of carbonyl (C=O) groups excluding carboxylic acids is 1. The highest BCUT2D eigenvalue weighted by Crippen LogP contribution is 2.37. The molecule has 6 heteroatoms. The third kappa shape index (κ3) is 4.35. The zero-order valence-corrected chi connectivity index (χ0v) is 14.8. The molecule has 0 bridgehead atoms. The van der Waals surface area contributed by atoms with Gasteiger partial charge in [-0.25, -0.2) is 0 Å². The molecule has 1 atom stereocenters. The van der Waals surface area contributed by atoms with Gasteiger partial charge in [-0.15, -0.1) is 0 Å². The van der Waals surface area contributed by atoms with Gasteiger partial charge in [0.05, 0.1) is 27.8 Å². The van der Waals surface area contributed by atoms with E-state index in [1.165, 1.54) is 0 Å². The van der Waals surface area contributed by atoms with Crippen molar-refractivity contribution in [1.82, 2.24) is 5.32 Å². The Kier molecular flexibility index (Phi) is 5.07. The lowest BCUT2D eigenvalue weighted by Crippen LogP contribution is -2.46. The Bertz CT molecular complexity index is 573. The van der Waals surface area contributed by atoms with Gasteiger partial charge >= 0.3 is 0 Å². The van der Waals surface area contributed by atoms with Gasteiger partial charge in [-0.2, -0.15) is 0 Å². The number of rotatable bonds is 4. The highest BCUT2D eigenvalue weighted by atomic mass is 35.5. The van der Waals surface area contributed by atoms with Crippen LogP contribution in [-0.4, -0.2) is 29.7 Å². The summed E-state index contributed by atoms with van der Waals surface area (Å²) in [6, 6.07) is 5.14. The summed E-state index contributed by atoms with van der Waals surface area (Å²) in [6.45, 7) is 8.42. The maximum Gasteiger partial charge on any atom is 0.238 e. The molecule has 4 nitrogen and oxygen atoms in total. The average molecular weight is 345 g/mol. The van der Waals surface area contributed by atoms with E-state index in [1.54, 1.807) is 18.2 Å². The highest BCUT2D eigenvalue weighted by Gasteiger charge is 2.45. The van der Waals surface area contributed by atoms with Crippen molar-refractivity contribution in [3.05, 3.63) is 28.2 Å². The number of benzene rings is 1. The number of halogens is 2. The Morgan fingerprint density at radius 3 is 2.50 bits per heavy atom. The minimum absolute atomic E-state index is 0.126. The summed E-state index contributed by atoms with van der Waals surface area (Å²) in [6.07, 6.45) is 0.861. The lowest BCUT2D eigenvalue weighted by atomic mass is 9.94. The van der Waals surface area contributed by atoms with Crippen LogP contribution in [0.3, 0.4) is 0 Å². The van der Waals surface area contributed by atoms with Crippen molar-refractivity contribution >= 4 is 34.8 Å². The van der Waals surface area contributed by atoms with Crippen LogP contribution in [0.4, 0.5) is 5.69 Å². The van der Waals surface area contributed by atoms with Gasteiger partial charge < -0.3 is 15.4 Å². The summed E-state index contributed by atoms with van der Waals surface area (Å²) < 4.78 is 6.00. The Hall–Kier alpha value is -0.810. The molecule has 0 aliphatic carbocycles. The fraction of sp³-hybridized carbons (Fsp3) is 0.562. The Morgan fingerprint density at radius 1 is 1.27 bits per heavy atom. The summed E-state index contributed by atoms with van der Waals surface area (Å²) in [5.74, 6) is -0.126. The fourth-order valence-corrected chi connectivity index (χ4v) is 3.17. The van der Waals surface area contributed by atoms with E-state index in [2.05, 4.69) is 24.5 Å². The molecule has 0 saturated carbocycles. The summed E-state index contributed by atoms with van der Waals surface area (Å²) in [5.41, 5.74) is 0.151. The summed E-state index contributed by atoms with van der Waals surface area (Å²) in [7, 11) is 0. The number of ether oxygens (including phenoxy) is 1. The van der Waals surface area contributed by atoms with Crippen LogP contribution < -0.4 is 10.6 Å². The SMILES string of the molecule is CC1(C)CC(NCC(=O)Nc2ccc(Cl)c(Cl)c2)C(C)(C)O1. The molecule has 1 aliphatic heterocycles. The van der Waals surface area contributed by atoms with Crippen molar-refractivity contribution < 1.29 is 9.53 Å². The smallest absolute Gasteiger partial charge is 0.238 e. The fourth-order valence-electron chi connectivity index (χ4n) is 2.88. The first kappa shape index (κ1) is 17.5. The quantitative estimate of drug-likeness (QED) is 0.871. The molecule has 1 amide bonds. The van der Waals surface area contributed by atoms with E-state index in [1.807, 2.05) is 13.8 Å². The molecule has 1 saturated heterocycles. The van der Waals surface area contributed by atoms with Crippen LogP contribution in [0, 0.1) is 0 Å². The molecule has 0 radical (unpaired) electrons. The van der Waals surface area contributed by atoms with Gasteiger partial charge in [-0.05, 0) is 52.3 Å². The first-order chi connectivity index (χ1) is 10.1. The Balaban J connectivity index is 1.89. The number of carbonyl (C=O) groups is 1. The van der Waals surface area contributed by atoms with Crippen molar-refractivity contribution in [2.45, 2.75) is 51.4 Å². The summed E-state index contributed by atoms with van der Waals surface area (Å²) >= 11 is 11.8. The molecule has 0 spiro atoms. The van der Waals surface area contributed by atoms with Gasteiger partial charge in [0.2, 0.25) is 5.91 Å². The van der Waals surface area contributed by atoms with Gasteiger partial charge in [0.15, 0.2) is 0 Å². The third-order valence-electron chi connectivity index (χ3n) is 3.79. The second-order valence-corrected chi connectivity index (χ2v) is 7.59. The van der Waals surface area contributed by atoms with E-state index >= 15 is 0 Å². The van der Waals surface area contributed by atoms with Crippen molar-refractivity contribution in [2.24, 2.45) is 0 Å². The Labute approximate surface area is 141 Å². The van der Waals surface area contributed by atoms with Crippen LogP contribution in [0.2, 0.25) is 10.0 Å². The normalized spacial score (nSPS) is 22.5. The lowest BCUT2D eigenvalue weighted by molar-refractivity contribution is -0.115. The van der Waals surface area contributed by atoms with Crippen molar-refractivity contribution in [2.75, 3.05) is 11.9 Å². The number of nitrogens with one attached hydrogen (secondary N) is 2. The first-order valence-corrected chi connectivity index (χ1v) is 8.03. The van der Waals surface area contributed by atoms with Crippen molar-refractivity contribution in [3.8, 4) is 0 Å². The number of hydrogen-bond donors (Lipinski definition) is 2. The molecule has 122 valence electrons. The van der Waals surface area contributed by atoms with Gasteiger partial charge in [-0.1, -0.05) is 23.2 Å². The van der Waals surface area contributed by atoms with Crippen LogP contribution in [0.5, 0.6) is 0 Å². The second-order valence-electron chi connectivity index (χ2n) is 6.78. The average Bonchev–Trinajstić information content (AvgIpc) is 2.59. The van der Waals surface area contributed by atoms with Gasteiger partial charge in [0.25, 0.3) is 0 Å². The maximum atomic E-state index is 12.0. The topological polar surface area (TPSA) is 50.4 Å². The van der Waals surface area contributed by atoms with Gasteiger partial charge in [-0.3, -0.25) is 4.79 Å². The predicted octanol–water partition coefficient (Wildman–Crippen LogP) is 3.87. The van der Waals surface area contributed by atoms with Gasteiger partial charge in [0, 0.05) is 11.7 Å². The maximum absolute atomic E-state index is 12.0. The minimum Gasteiger partial charge on any atom is -0.368 e. The van der Waals surface area contributed by atoms with E-state index in [-0.39, 0.29) is 29.7 Å². The zero-order chi connectivity index (χ0) is 16.5. The highest BCUT2D eigenvalue weighted by molar-refractivity contribution is 6.42. The van der Waals surface area contributed by atoms with Crippen LogP contribution >= 0.6 is 23.2 Å². The molecule has 2 rings (SSSR count). The first-order valence-electron chi connectivity index (χ1n) is 7.27. The molecule has 22 heavy (non-hydrogen) atoms. The van der Waals surface area contributed by atoms with Crippen LogP contribution in [-0.2, 0) is 9.53 Å². The molecule has 1 unspecified atom stereocenters. The van der Waals surface area contributed by atoms with Crippen molar-refractivity contribution in [3.63, 3.8) is 0 Å². The largest absolute Gasteiger partial charge is 0.368 e.